The first kappa shape index (κ1) is 14.1. The van der Waals surface area contributed by atoms with Crippen molar-refractivity contribution >= 4 is 16.8 Å². The summed E-state index contributed by atoms with van der Waals surface area (Å²) in [5.74, 6) is 0.437. The molecule has 3 N–H and O–H groups in total. The molecular weight excluding hydrogens is 264 g/mol. The molecule has 0 bridgehead atoms. The Bertz CT molecular complexity index is 649. The maximum atomic E-state index is 12.5. The lowest BCUT2D eigenvalue weighted by Crippen LogP contribution is -2.53. The molecule has 1 aliphatic rings. The number of rotatable bonds is 3. The summed E-state index contributed by atoms with van der Waals surface area (Å²) in [6.07, 6.45) is 5.79. The number of aromatic amines is 1. The van der Waals surface area contributed by atoms with Gasteiger partial charge in [0.2, 0.25) is 0 Å². The van der Waals surface area contributed by atoms with Gasteiger partial charge in [0, 0.05) is 17.3 Å². The van der Waals surface area contributed by atoms with Crippen molar-refractivity contribution < 1.29 is 9.90 Å². The summed E-state index contributed by atoms with van der Waals surface area (Å²) in [5, 5.41) is 13.9. The average molecular weight is 286 g/mol. The fourth-order valence-electron chi connectivity index (χ4n) is 3.46. The van der Waals surface area contributed by atoms with Crippen molar-refractivity contribution in [1.82, 2.24) is 10.3 Å². The lowest BCUT2D eigenvalue weighted by atomic mass is 9.76. The highest BCUT2D eigenvalue weighted by Gasteiger charge is 2.35. The number of carbonyl (C=O) groups is 1. The van der Waals surface area contributed by atoms with Crippen LogP contribution in [0.25, 0.3) is 10.9 Å². The molecule has 1 amide bonds. The molecule has 1 aromatic carbocycles. The van der Waals surface area contributed by atoms with Crippen molar-refractivity contribution in [3.05, 3.63) is 36.0 Å². The molecule has 0 aliphatic heterocycles. The van der Waals surface area contributed by atoms with Crippen LogP contribution in [-0.2, 0) is 0 Å². The highest BCUT2D eigenvalue weighted by atomic mass is 16.3. The quantitative estimate of drug-likeness (QED) is 0.812. The van der Waals surface area contributed by atoms with Gasteiger partial charge in [-0.25, -0.2) is 0 Å². The monoisotopic (exact) mass is 286 g/mol. The molecule has 4 nitrogen and oxygen atoms in total. The zero-order valence-corrected chi connectivity index (χ0v) is 12.4. The third-order valence-corrected chi connectivity index (χ3v) is 4.59. The SMILES string of the molecule is CC1CCCC(CO)(NC(=O)c2ccc3cc[nH]c3c2)C1. The third-order valence-electron chi connectivity index (χ3n) is 4.59. The zero-order chi connectivity index (χ0) is 14.9. The minimum atomic E-state index is -0.459. The number of aliphatic hydroxyl groups is 1. The molecule has 1 saturated carbocycles. The van der Waals surface area contributed by atoms with Crippen LogP contribution in [-0.4, -0.2) is 28.1 Å². The van der Waals surface area contributed by atoms with E-state index in [2.05, 4.69) is 17.2 Å². The van der Waals surface area contributed by atoms with Crippen LogP contribution in [0.1, 0.15) is 43.0 Å². The fraction of sp³-hybridized carbons (Fsp3) is 0.471. The topological polar surface area (TPSA) is 65.1 Å². The number of aromatic nitrogens is 1. The van der Waals surface area contributed by atoms with Gasteiger partial charge in [0.25, 0.3) is 5.91 Å². The first-order valence-electron chi connectivity index (χ1n) is 7.62. The van der Waals surface area contributed by atoms with E-state index in [1.54, 1.807) is 0 Å². The smallest absolute Gasteiger partial charge is 0.251 e. The molecule has 112 valence electrons. The minimum Gasteiger partial charge on any atom is -0.394 e. The van der Waals surface area contributed by atoms with Crippen LogP contribution in [0.5, 0.6) is 0 Å². The molecule has 2 unspecified atom stereocenters. The standard InChI is InChI=1S/C17H22N2O2/c1-12-3-2-7-17(10-12,11-20)19-16(21)14-5-4-13-6-8-18-15(13)9-14/h4-6,8-9,12,18,20H,2-3,7,10-11H2,1H3,(H,19,21). The highest BCUT2D eigenvalue weighted by Crippen LogP contribution is 2.32. The van der Waals surface area contributed by atoms with Gasteiger partial charge in [0.05, 0.1) is 12.1 Å². The van der Waals surface area contributed by atoms with Crippen molar-refractivity contribution in [3.8, 4) is 0 Å². The van der Waals surface area contributed by atoms with Gasteiger partial charge in [-0.05, 0) is 42.3 Å². The summed E-state index contributed by atoms with van der Waals surface area (Å²) in [4.78, 5) is 15.6. The Morgan fingerprint density at radius 1 is 1.48 bits per heavy atom. The highest BCUT2D eigenvalue weighted by molar-refractivity contribution is 5.98. The van der Waals surface area contributed by atoms with Gasteiger partial charge in [-0.15, -0.1) is 0 Å². The number of nitrogens with one attached hydrogen (secondary N) is 2. The van der Waals surface area contributed by atoms with Gasteiger partial charge in [-0.3, -0.25) is 4.79 Å². The average Bonchev–Trinajstić information content (AvgIpc) is 2.94. The molecule has 1 aliphatic carbocycles. The van der Waals surface area contributed by atoms with Crippen molar-refractivity contribution in [2.45, 2.75) is 38.1 Å². The molecule has 3 rings (SSSR count). The fourth-order valence-corrected chi connectivity index (χ4v) is 3.46. The number of benzene rings is 1. The Balaban J connectivity index is 1.80. The molecule has 2 aromatic rings. The second-order valence-corrected chi connectivity index (χ2v) is 6.37. The second-order valence-electron chi connectivity index (χ2n) is 6.37. The van der Waals surface area contributed by atoms with Crippen LogP contribution in [0.3, 0.4) is 0 Å². The van der Waals surface area contributed by atoms with Crippen LogP contribution in [0.2, 0.25) is 0 Å². The summed E-state index contributed by atoms with van der Waals surface area (Å²) in [5.41, 5.74) is 1.13. The molecule has 21 heavy (non-hydrogen) atoms. The second kappa shape index (κ2) is 5.53. The number of hydrogen-bond donors (Lipinski definition) is 3. The van der Waals surface area contributed by atoms with E-state index < -0.39 is 5.54 Å². The third kappa shape index (κ3) is 2.81. The Labute approximate surface area is 124 Å². The summed E-state index contributed by atoms with van der Waals surface area (Å²) in [6, 6.07) is 7.62. The van der Waals surface area contributed by atoms with Gasteiger partial charge in [0.1, 0.15) is 0 Å². The van der Waals surface area contributed by atoms with Gasteiger partial charge < -0.3 is 15.4 Å². The normalized spacial score (nSPS) is 25.9. The Morgan fingerprint density at radius 2 is 2.33 bits per heavy atom. The van der Waals surface area contributed by atoms with Crippen LogP contribution in [0.4, 0.5) is 0 Å². The number of aliphatic hydroxyl groups excluding tert-OH is 1. The molecule has 0 saturated heterocycles. The largest absolute Gasteiger partial charge is 0.394 e. The van der Waals surface area contributed by atoms with Crippen LogP contribution in [0, 0.1) is 5.92 Å². The Kier molecular flexibility index (Phi) is 3.72. The van der Waals surface area contributed by atoms with Gasteiger partial charge in [-0.1, -0.05) is 25.8 Å². The van der Waals surface area contributed by atoms with E-state index in [-0.39, 0.29) is 12.5 Å². The molecule has 0 spiro atoms. The van der Waals surface area contributed by atoms with Crippen molar-refractivity contribution in [3.63, 3.8) is 0 Å². The van der Waals surface area contributed by atoms with E-state index in [4.69, 9.17) is 0 Å². The van der Waals surface area contributed by atoms with Crippen LogP contribution in [0.15, 0.2) is 30.5 Å². The summed E-state index contributed by atoms with van der Waals surface area (Å²) < 4.78 is 0. The summed E-state index contributed by atoms with van der Waals surface area (Å²) in [6.45, 7) is 2.19. The Hall–Kier alpha value is -1.81. The molecule has 0 radical (unpaired) electrons. The first-order chi connectivity index (χ1) is 10.1. The van der Waals surface area contributed by atoms with E-state index >= 15 is 0 Å². The summed E-state index contributed by atoms with van der Waals surface area (Å²) in [7, 11) is 0. The predicted molar refractivity (Wildman–Crippen MR) is 83.2 cm³/mol. The lowest BCUT2D eigenvalue weighted by Gasteiger charge is -2.39. The van der Waals surface area contributed by atoms with Gasteiger partial charge in [0.15, 0.2) is 0 Å². The molecule has 1 aromatic heterocycles. The maximum absolute atomic E-state index is 12.5. The molecule has 1 fully saturated rings. The zero-order valence-electron chi connectivity index (χ0n) is 12.4. The lowest BCUT2D eigenvalue weighted by molar-refractivity contribution is 0.0697. The summed E-state index contributed by atoms with van der Waals surface area (Å²) >= 11 is 0. The molecule has 1 heterocycles. The van der Waals surface area contributed by atoms with E-state index in [1.807, 2.05) is 30.5 Å². The minimum absolute atomic E-state index is 0.00776. The van der Waals surface area contributed by atoms with E-state index in [1.165, 1.54) is 6.42 Å². The molecular formula is C17H22N2O2. The predicted octanol–water partition coefficient (Wildman–Crippen LogP) is 2.84. The van der Waals surface area contributed by atoms with Gasteiger partial charge in [-0.2, -0.15) is 0 Å². The Morgan fingerprint density at radius 3 is 3.10 bits per heavy atom. The van der Waals surface area contributed by atoms with Crippen molar-refractivity contribution in [2.24, 2.45) is 5.92 Å². The van der Waals surface area contributed by atoms with Crippen LogP contribution >= 0.6 is 0 Å². The van der Waals surface area contributed by atoms with Crippen molar-refractivity contribution in [2.75, 3.05) is 6.61 Å². The molecule has 4 heteroatoms. The maximum Gasteiger partial charge on any atom is 0.251 e. The number of hydrogen-bond acceptors (Lipinski definition) is 2. The number of carbonyl (C=O) groups excluding carboxylic acids is 1. The molecule has 2 atom stereocenters. The van der Waals surface area contributed by atoms with Crippen LogP contribution < -0.4 is 5.32 Å². The number of amides is 1. The van der Waals surface area contributed by atoms with Crippen molar-refractivity contribution in [1.29, 1.82) is 0 Å². The van der Waals surface area contributed by atoms with E-state index in [0.717, 1.165) is 30.2 Å². The van der Waals surface area contributed by atoms with E-state index in [0.29, 0.717) is 11.5 Å². The first-order valence-corrected chi connectivity index (χ1v) is 7.62. The van der Waals surface area contributed by atoms with E-state index in [9.17, 15) is 9.90 Å². The number of fused-ring (bicyclic) bond motifs is 1. The number of H-pyrrole nitrogens is 1. The van der Waals surface area contributed by atoms with Gasteiger partial charge >= 0.3 is 0 Å².